The fourth-order valence-electron chi connectivity index (χ4n) is 2.95. The minimum Gasteiger partial charge on any atom is -0.478 e. The summed E-state index contributed by atoms with van der Waals surface area (Å²) in [6.45, 7) is 3.91. The van der Waals surface area contributed by atoms with Crippen LogP contribution in [0.5, 0.6) is 0 Å². The Kier molecular flexibility index (Phi) is 3.90. The van der Waals surface area contributed by atoms with Crippen LogP contribution in [0.1, 0.15) is 39.4 Å². The maximum atomic E-state index is 12.4. The fourth-order valence-corrected chi connectivity index (χ4v) is 2.95. The van der Waals surface area contributed by atoms with Crippen LogP contribution in [0.2, 0.25) is 0 Å². The van der Waals surface area contributed by atoms with Gasteiger partial charge in [-0.25, -0.2) is 4.79 Å². The predicted molar refractivity (Wildman–Crippen MR) is 88.8 cm³/mol. The first kappa shape index (κ1) is 15.3. The molecule has 0 aliphatic heterocycles. The molecular weight excluding hydrogens is 290 g/mol. The quantitative estimate of drug-likeness (QED) is 0.904. The normalized spacial score (nSPS) is 19.2. The zero-order chi connectivity index (χ0) is 16.6. The molecule has 3 rings (SSSR count). The van der Waals surface area contributed by atoms with Gasteiger partial charge in [0.05, 0.1) is 5.56 Å². The fraction of sp³-hybridized carbons (Fsp3) is 0.263. The molecule has 23 heavy (non-hydrogen) atoms. The van der Waals surface area contributed by atoms with Gasteiger partial charge in [0.15, 0.2) is 0 Å². The van der Waals surface area contributed by atoms with Gasteiger partial charge in [-0.2, -0.15) is 0 Å². The number of hydrogen-bond acceptors (Lipinski definition) is 2. The number of aromatic carboxylic acids is 1. The summed E-state index contributed by atoms with van der Waals surface area (Å²) in [5.74, 6) is -0.809. The van der Waals surface area contributed by atoms with Gasteiger partial charge < -0.3 is 10.4 Å². The summed E-state index contributed by atoms with van der Waals surface area (Å²) in [6, 6.07) is 12.9. The van der Waals surface area contributed by atoms with Crippen molar-refractivity contribution in [1.82, 2.24) is 0 Å². The predicted octanol–water partition coefficient (Wildman–Crippen LogP) is 3.74. The summed E-state index contributed by atoms with van der Waals surface area (Å²) >= 11 is 0. The first-order valence-corrected chi connectivity index (χ1v) is 7.67. The lowest BCUT2D eigenvalue weighted by atomic mass is 10.0. The minimum absolute atomic E-state index is 0.0380. The highest BCUT2D eigenvalue weighted by molar-refractivity contribution is 5.97. The third-order valence-electron chi connectivity index (χ3n) is 4.46. The molecule has 0 heterocycles. The topological polar surface area (TPSA) is 66.4 Å². The molecule has 1 aliphatic carbocycles. The largest absolute Gasteiger partial charge is 0.478 e. The van der Waals surface area contributed by atoms with Gasteiger partial charge in [-0.05, 0) is 55.0 Å². The molecular formula is C19H19NO3. The number of carbonyl (C=O) groups excluding carboxylic acids is 1. The number of amides is 1. The van der Waals surface area contributed by atoms with E-state index in [1.807, 2.05) is 19.1 Å². The van der Waals surface area contributed by atoms with E-state index in [-0.39, 0.29) is 23.3 Å². The Balaban J connectivity index is 1.73. The van der Waals surface area contributed by atoms with Crippen molar-refractivity contribution in [3.05, 3.63) is 64.7 Å². The lowest BCUT2D eigenvalue weighted by Gasteiger charge is -2.10. The van der Waals surface area contributed by atoms with Crippen LogP contribution in [0.15, 0.2) is 42.5 Å². The first-order chi connectivity index (χ1) is 11.0. The molecule has 4 heteroatoms. The van der Waals surface area contributed by atoms with Gasteiger partial charge in [-0.3, -0.25) is 4.79 Å². The van der Waals surface area contributed by atoms with Gasteiger partial charge in [0, 0.05) is 11.6 Å². The lowest BCUT2D eigenvalue weighted by Crippen LogP contribution is -2.16. The number of anilines is 1. The number of nitrogens with one attached hydrogen (secondary N) is 1. The number of benzene rings is 2. The molecule has 2 aromatic rings. The van der Waals surface area contributed by atoms with E-state index >= 15 is 0 Å². The molecule has 1 fully saturated rings. The number of aryl methyl sites for hydroxylation is 2. The highest BCUT2D eigenvalue weighted by Gasteiger charge is 2.44. The van der Waals surface area contributed by atoms with Crippen LogP contribution >= 0.6 is 0 Å². The maximum absolute atomic E-state index is 12.4. The second-order valence-electron chi connectivity index (χ2n) is 6.13. The average Bonchev–Trinajstić information content (AvgIpc) is 3.30. The Morgan fingerprint density at radius 3 is 2.52 bits per heavy atom. The van der Waals surface area contributed by atoms with Crippen molar-refractivity contribution in [1.29, 1.82) is 0 Å². The van der Waals surface area contributed by atoms with Crippen LogP contribution in [0.25, 0.3) is 0 Å². The summed E-state index contributed by atoms with van der Waals surface area (Å²) in [6.07, 6.45) is 0.842. The molecule has 2 atom stereocenters. The van der Waals surface area contributed by atoms with E-state index in [0.717, 1.165) is 12.0 Å². The molecule has 1 amide bonds. The van der Waals surface area contributed by atoms with Gasteiger partial charge in [0.2, 0.25) is 5.91 Å². The molecule has 118 valence electrons. The zero-order valence-electron chi connectivity index (χ0n) is 13.2. The van der Waals surface area contributed by atoms with Crippen molar-refractivity contribution in [2.75, 3.05) is 5.32 Å². The molecule has 0 bridgehead atoms. The number of carbonyl (C=O) groups is 2. The Hall–Kier alpha value is -2.62. The number of carboxylic acid groups (broad SMARTS) is 1. The number of rotatable bonds is 4. The van der Waals surface area contributed by atoms with E-state index in [0.29, 0.717) is 5.69 Å². The second kappa shape index (κ2) is 5.88. The highest BCUT2D eigenvalue weighted by atomic mass is 16.4. The van der Waals surface area contributed by atoms with Crippen molar-refractivity contribution in [2.45, 2.75) is 26.2 Å². The van der Waals surface area contributed by atoms with Crippen LogP contribution < -0.4 is 5.32 Å². The van der Waals surface area contributed by atoms with Crippen LogP contribution in [-0.2, 0) is 4.79 Å². The van der Waals surface area contributed by atoms with Crippen molar-refractivity contribution in [3.63, 3.8) is 0 Å². The molecule has 0 saturated heterocycles. The summed E-state index contributed by atoms with van der Waals surface area (Å²) < 4.78 is 0. The SMILES string of the molecule is Cc1ccc(C(=O)O)cc1NC(=O)C1CC1c1ccccc1C. The molecule has 1 saturated carbocycles. The van der Waals surface area contributed by atoms with Gasteiger partial charge in [-0.15, -0.1) is 0 Å². The summed E-state index contributed by atoms with van der Waals surface area (Å²) in [5, 5.41) is 11.9. The summed E-state index contributed by atoms with van der Waals surface area (Å²) in [7, 11) is 0. The summed E-state index contributed by atoms with van der Waals surface area (Å²) in [4.78, 5) is 23.5. The highest BCUT2D eigenvalue weighted by Crippen LogP contribution is 2.49. The smallest absolute Gasteiger partial charge is 0.335 e. The first-order valence-electron chi connectivity index (χ1n) is 7.67. The third kappa shape index (κ3) is 3.11. The molecule has 4 nitrogen and oxygen atoms in total. The van der Waals surface area contributed by atoms with Crippen molar-refractivity contribution in [2.24, 2.45) is 5.92 Å². The monoisotopic (exact) mass is 309 g/mol. The Bertz CT molecular complexity index is 782. The van der Waals surface area contributed by atoms with Gasteiger partial charge in [0.25, 0.3) is 0 Å². The van der Waals surface area contributed by atoms with Crippen LogP contribution in [-0.4, -0.2) is 17.0 Å². The molecule has 2 aromatic carbocycles. The average molecular weight is 309 g/mol. The molecule has 0 spiro atoms. The van der Waals surface area contributed by atoms with E-state index in [2.05, 4.69) is 24.4 Å². The van der Waals surface area contributed by atoms with E-state index < -0.39 is 5.97 Å². The molecule has 2 unspecified atom stereocenters. The van der Waals surface area contributed by atoms with Crippen molar-refractivity contribution < 1.29 is 14.7 Å². The zero-order valence-corrected chi connectivity index (χ0v) is 13.2. The van der Waals surface area contributed by atoms with Crippen LogP contribution in [0.3, 0.4) is 0 Å². The van der Waals surface area contributed by atoms with Crippen LogP contribution in [0, 0.1) is 19.8 Å². The molecule has 0 radical (unpaired) electrons. The van der Waals surface area contributed by atoms with E-state index in [9.17, 15) is 9.59 Å². The van der Waals surface area contributed by atoms with Gasteiger partial charge in [-0.1, -0.05) is 30.3 Å². The molecule has 0 aromatic heterocycles. The maximum Gasteiger partial charge on any atom is 0.335 e. The Labute approximate surface area is 135 Å². The number of carboxylic acids is 1. The van der Waals surface area contributed by atoms with Gasteiger partial charge >= 0.3 is 5.97 Å². The molecule has 1 aliphatic rings. The van der Waals surface area contributed by atoms with E-state index in [4.69, 9.17) is 5.11 Å². The van der Waals surface area contributed by atoms with Crippen molar-refractivity contribution in [3.8, 4) is 0 Å². The Morgan fingerprint density at radius 2 is 1.83 bits per heavy atom. The van der Waals surface area contributed by atoms with Crippen molar-refractivity contribution >= 4 is 17.6 Å². The minimum atomic E-state index is -0.996. The summed E-state index contributed by atoms with van der Waals surface area (Å²) in [5.41, 5.74) is 4.04. The molecule has 2 N–H and O–H groups in total. The lowest BCUT2D eigenvalue weighted by molar-refractivity contribution is -0.117. The Morgan fingerprint density at radius 1 is 1.09 bits per heavy atom. The standard InChI is InChI=1S/C19H19NO3/c1-11-5-3-4-6-14(11)15-10-16(15)18(21)20-17-9-13(19(22)23)8-7-12(17)2/h3-9,15-16H,10H2,1-2H3,(H,20,21)(H,22,23). The van der Waals surface area contributed by atoms with Crippen LogP contribution in [0.4, 0.5) is 5.69 Å². The second-order valence-corrected chi connectivity index (χ2v) is 6.13. The van der Waals surface area contributed by atoms with E-state index in [1.165, 1.54) is 17.2 Å². The van der Waals surface area contributed by atoms with E-state index in [1.54, 1.807) is 12.1 Å². The van der Waals surface area contributed by atoms with Gasteiger partial charge in [0.1, 0.15) is 0 Å². The number of hydrogen-bond donors (Lipinski definition) is 2. The third-order valence-corrected chi connectivity index (χ3v) is 4.46.